The number of benzene rings is 1. The minimum Gasteiger partial charge on any atom is -0.444 e. The first-order valence-corrected chi connectivity index (χ1v) is 5.78. The van der Waals surface area contributed by atoms with Crippen LogP contribution in [0, 0.1) is 11.6 Å². The molecule has 2 aromatic rings. The summed E-state index contributed by atoms with van der Waals surface area (Å²) in [5.41, 5.74) is 0.0276. The van der Waals surface area contributed by atoms with E-state index < -0.39 is 11.6 Å². The highest BCUT2D eigenvalue weighted by molar-refractivity contribution is 5.19. The van der Waals surface area contributed by atoms with Crippen molar-refractivity contribution in [2.45, 2.75) is 26.4 Å². The van der Waals surface area contributed by atoms with Gasteiger partial charge in [-0.25, -0.2) is 13.8 Å². The van der Waals surface area contributed by atoms with Crippen LogP contribution in [0.15, 0.2) is 28.8 Å². The average Bonchev–Trinajstić information content (AvgIpc) is 2.81. The molecule has 0 saturated heterocycles. The van der Waals surface area contributed by atoms with E-state index in [0.29, 0.717) is 12.4 Å². The lowest BCUT2D eigenvalue weighted by molar-refractivity contribution is 0.434. The molecule has 1 heterocycles. The Hall–Kier alpha value is -1.75. The molecule has 0 aliphatic heterocycles. The topological polar surface area (TPSA) is 38.1 Å². The van der Waals surface area contributed by atoms with Crippen LogP contribution in [0.25, 0.3) is 0 Å². The molecule has 0 aliphatic rings. The second-order valence-corrected chi connectivity index (χ2v) is 3.88. The lowest BCUT2D eigenvalue weighted by atomic mass is 10.2. The maximum Gasteiger partial charge on any atom is 0.208 e. The third-order valence-corrected chi connectivity index (χ3v) is 2.59. The van der Waals surface area contributed by atoms with Gasteiger partial charge >= 0.3 is 0 Å². The molecule has 0 saturated carbocycles. The predicted octanol–water partition coefficient (Wildman–Crippen LogP) is 2.81. The first-order chi connectivity index (χ1) is 8.70. The summed E-state index contributed by atoms with van der Waals surface area (Å²) in [6, 6.07) is 3.82. The molecule has 0 atom stereocenters. The van der Waals surface area contributed by atoms with Gasteiger partial charge in [0.2, 0.25) is 5.89 Å². The molecule has 96 valence electrons. The second-order valence-electron chi connectivity index (χ2n) is 3.88. The maximum absolute atomic E-state index is 13.3. The van der Waals surface area contributed by atoms with Crippen molar-refractivity contribution in [3.63, 3.8) is 0 Å². The van der Waals surface area contributed by atoms with E-state index in [1.54, 1.807) is 6.20 Å². The maximum atomic E-state index is 13.3. The van der Waals surface area contributed by atoms with Crippen LogP contribution in [-0.4, -0.2) is 4.98 Å². The lowest BCUT2D eigenvalue weighted by Crippen LogP contribution is -2.15. The van der Waals surface area contributed by atoms with Crippen LogP contribution in [0.5, 0.6) is 0 Å². The highest BCUT2D eigenvalue weighted by Crippen LogP contribution is 2.12. The molecule has 2 rings (SSSR count). The molecule has 0 bridgehead atoms. The Morgan fingerprint density at radius 1 is 1.22 bits per heavy atom. The molecular formula is C13H14F2N2O. The second kappa shape index (κ2) is 5.73. The number of hydrogen-bond donors (Lipinski definition) is 1. The first-order valence-electron chi connectivity index (χ1n) is 5.78. The van der Waals surface area contributed by atoms with E-state index in [-0.39, 0.29) is 12.1 Å². The van der Waals surface area contributed by atoms with E-state index in [4.69, 9.17) is 4.42 Å². The zero-order chi connectivity index (χ0) is 13.0. The summed E-state index contributed by atoms with van der Waals surface area (Å²) in [4.78, 5) is 4.05. The molecule has 3 nitrogen and oxygen atoms in total. The fraction of sp³-hybridized carbons (Fsp3) is 0.308. The minimum absolute atomic E-state index is 0.0276. The van der Waals surface area contributed by atoms with Gasteiger partial charge in [0.05, 0.1) is 12.7 Å². The molecule has 0 aliphatic carbocycles. The van der Waals surface area contributed by atoms with Gasteiger partial charge in [0, 0.05) is 18.5 Å². The molecule has 0 amide bonds. The van der Waals surface area contributed by atoms with Crippen LogP contribution in [0.2, 0.25) is 0 Å². The summed E-state index contributed by atoms with van der Waals surface area (Å²) in [5.74, 6) is 0.209. The van der Waals surface area contributed by atoms with Gasteiger partial charge in [-0.1, -0.05) is 13.0 Å². The molecule has 0 spiro atoms. The number of halogens is 2. The average molecular weight is 252 g/mol. The van der Waals surface area contributed by atoms with E-state index in [9.17, 15) is 8.78 Å². The number of rotatable bonds is 5. The lowest BCUT2D eigenvalue weighted by Gasteiger charge is -2.05. The zero-order valence-corrected chi connectivity index (χ0v) is 10.0. The SMILES string of the molecule is CCc1cnc(CNCc2c(F)cccc2F)o1. The fourth-order valence-electron chi connectivity index (χ4n) is 1.59. The van der Waals surface area contributed by atoms with Crippen molar-refractivity contribution in [2.24, 2.45) is 0 Å². The van der Waals surface area contributed by atoms with E-state index in [1.807, 2.05) is 6.92 Å². The molecular weight excluding hydrogens is 238 g/mol. The van der Waals surface area contributed by atoms with Gasteiger partial charge in [0.15, 0.2) is 0 Å². The Kier molecular flexibility index (Phi) is 4.04. The predicted molar refractivity (Wildman–Crippen MR) is 62.8 cm³/mol. The third-order valence-electron chi connectivity index (χ3n) is 2.59. The van der Waals surface area contributed by atoms with E-state index in [1.165, 1.54) is 18.2 Å². The summed E-state index contributed by atoms with van der Waals surface area (Å²) < 4.78 is 32.0. The largest absolute Gasteiger partial charge is 0.444 e. The molecule has 1 aromatic heterocycles. The van der Waals surface area contributed by atoms with Crippen molar-refractivity contribution in [2.75, 3.05) is 0 Å². The number of hydrogen-bond acceptors (Lipinski definition) is 3. The van der Waals surface area contributed by atoms with Gasteiger partial charge in [0.25, 0.3) is 0 Å². The molecule has 0 unspecified atom stereocenters. The highest BCUT2D eigenvalue weighted by Gasteiger charge is 2.08. The highest BCUT2D eigenvalue weighted by atomic mass is 19.1. The summed E-state index contributed by atoms with van der Waals surface area (Å²) in [7, 11) is 0. The van der Waals surface area contributed by atoms with Crippen LogP contribution >= 0.6 is 0 Å². The Balaban J connectivity index is 1.92. The van der Waals surface area contributed by atoms with Crippen LogP contribution in [0.1, 0.15) is 24.1 Å². The van der Waals surface area contributed by atoms with Gasteiger partial charge in [-0.05, 0) is 12.1 Å². The number of nitrogens with zero attached hydrogens (tertiary/aromatic N) is 1. The molecule has 1 N–H and O–H groups in total. The van der Waals surface area contributed by atoms with Gasteiger partial charge in [-0.15, -0.1) is 0 Å². The summed E-state index contributed by atoms with van der Waals surface area (Å²) in [6.45, 7) is 2.41. The van der Waals surface area contributed by atoms with E-state index >= 15 is 0 Å². The Morgan fingerprint density at radius 3 is 2.56 bits per heavy atom. The monoisotopic (exact) mass is 252 g/mol. The van der Waals surface area contributed by atoms with Crippen LogP contribution < -0.4 is 5.32 Å². The van der Waals surface area contributed by atoms with E-state index in [2.05, 4.69) is 10.3 Å². The quantitative estimate of drug-likeness (QED) is 0.889. The van der Waals surface area contributed by atoms with Gasteiger partial charge in [-0.3, -0.25) is 0 Å². The van der Waals surface area contributed by atoms with Gasteiger partial charge in [-0.2, -0.15) is 0 Å². The van der Waals surface area contributed by atoms with Crippen molar-refractivity contribution < 1.29 is 13.2 Å². The van der Waals surface area contributed by atoms with Crippen molar-refractivity contribution in [3.8, 4) is 0 Å². The van der Waals surface area contributed by atoms with Crippen molar-refractivity contribution >= 4 is 0 Å². The van der Waals surface area contributed by atoms with Crippen LogP contribution in [0.3, 0.4) is 0 Å². The Bertz CT molecular complexity index is 505. The number of aryl methyl sites for hydroxylation is 1. The van der Waals surface area contributed by atoms with Crippen LogP contribution in [-0.2, 0) is 19.5 Å². The molecule has 5 heteroatoms. The minimum atomic E-state index is -0.552. The molecule has 0 fully saturated rings. The Morgan fingerprint density at radius 2 is 1.94 bits per heavy atom. The van der Waals surface area contributed by atoms with Gasteiger partial charge < -0.3 is 9.73 Å². The molecule has 0 radical (unpaired) electrons. The standard InChI is InChI=1S/C13H14F2N2O/c1-2-9-6-17-13(18-9)8-16-7-10-11(14)4-3-5-12(10)15/h3-6,16H,2,7-8H2,1H3. The summed E-state index contributed by atoms with van der Waals surface area (Å²) >= 11 is 0. The summed E-state index contributed by atoms with van der Waals surface area (Å²) in [5, 5.41) is 2.90. The van der Waals surface area contributed by atoms with Crippen molar-refractivity contribution in [1.82, 2.24) is 10.3 Å². The molecule has 18 heavy (non-hydrogen) atoms. The number of nitrogens with one attached hydrogen (secondary N) is 1. The number of oxazole rings is 1. The normalized spacial score (nSPS) is 10.8. The molecule has 1 aromatic carbocycles. The zero-order valence-electron chi connectivity index (χ0n) is 10.0. The smallest absolute Gasteiger partial charge is 0.208 e. The fourth-order valence-corrected chi connectivity index (χ4v) is 1.59. The third kappa shape index (κ3) is 2.92. The first kappa shape index (κ1) is 12.7. The van der Waals surface area contributed by atoms with E-state index in [0.717, 1.165) is 12.2 Å². The van der Waals surface area contributed by atoms with Gasteiger partial charge in [0.1, 0.15) is 17.4 Å². The van der Waals surface area contributed by atoms with Crippen molar-refractivity contribution in [3.05, 3.63) is 53.2 Å². The van der Waals surface area contributed by atoms with Crippen LogP contribution in [0.4, 0.5) is 8.78 Å². The van der Waals surface area contributed by atoms with Crippen molar-refractivity contribution in [1.29, 1.82) is 0 Å². The number of aromatic nitrogens is 1. The summed E-state index contributed by atoms with van der Waals surface area (Å²) in [6.07, 6.45) is 2.43. The Labute approximate surface area is 104 Å².